The largest absolute Gasteiger partial charge is 0.493 e. The van der Waals surface area contributed by atoms with Crippen molar-refractivity contribution < 1.29 is 9.47 Å². The smallest absolute Gasteiger partial charge is 0.328 e. The van der Waals surface area contributed by atoms with E-state index >= 15 is 0 Å². The fraction of sp³-hybridized carbons (Fsp3) is 0.357. The molecule has 0 atom stereocenters. The molecule has 0 N–H and O–H groups in total. The summed E-state index contributed by atoms with van der Waals surface area (Å²) in [5.41, 5.74) is 0. The lowest BCUT2D eigenvalue weighted by molar-refractivity contribution is 0.367. The Morgan fingerprint density at radius 2 is 1.76 bits per heavy atom. The number of anilines is 1. The lowest BCUT2D eigenvalue weighted by Crippen LogP contribution is -2.21. The first-order valence-electron chi connectivity index (χ1n) is 6.73. The van der Waals surface area contributed by atoms with Gasteiger partial charge in [-0.15, -0.1) is 0 Å². The van der Waals surface area contributed by atoms with E-state index < -0.39 is 0 Å². The van der Waals surface area contributed by atoms with E-state index in [2.05, 4.69) is 19.9 Å². The Hall–Kier alpha value is -2.08. The minimum absolute atomic E-state index is 0.122. The molecule has 110 valence electrons. The van der Waals surface area contributed by atoms with Crippen molar-refractivity contribution in [1.29, 1.82) is 0 Å². The Morgan fingerprint density at radius 3 is 2.48 bits per heavy atom. The van der Waals surface area contributed by atoms with Gasteiger partial charge < -0.3 is 14.4 Å². The topological polar surface area (TPSA) is 60.4 Å². The SMILES string of the molecule is COc1ccccc1Oc1nc(Cl)nc(N2CCCC2)n1. The predicted molar refractivity (Wildman–Crippen MR) is 79.4 cm³/mol. The molecule has 6 nitrogen and oxygen atoms in total. The Labute approximate surface area is 127 Å². The van der Waals surface area contributed by atoms with Crippen LogP contribution < -0.4 is 14.4 Å². The van der Waals surface area contributed by atoms with Gasteiger partial charge in [0.15, 0.2) is 11.5 Å². The van der Waals surface area contributed by atoms with E-state index in [1.54, 1.807) is 19.2 Å². The molecule has 0 bridgehead atoms. The zero-order valence-electron chi connectivity index (χ0n) is 11.6. The van der Waals surface area contributed by atoms with Crippen molar-refractivity contribution in [1.82, 2.24) is 15.0 Å². The Morgan fingerprint density at radius 1 is 1.05 bits per heavy atom. The van der Waals surface area contributed by atoms with Crippen LogP contribution >= 0.6 is 11.6 Å². The van der Waals surface area contributed by atoms with Crippen molar-refractivity contribution in [3.63, 3.8) is 0 Å². The molecule has 1 fully saturated rings. The molecular weight excluding hydrogens is 292 g/mol. The Bertz CT molecular complexity index is 632. The predicted octanol–water partition coefficient (Wildman–Crippen LogP) is 2.93. The van der Waals surface area contributed by atoms with Crippen molar-refractivity contribution in [2.24, 2.45) is 0 Å². The molecule has 3 rings (SSSR count). The summed E-state index contributed by atoms with van der Waals surface area (Å²) in [6, 6.07) is 7.47. The standard InChI is InChI=1S/C14H15ClN4O2/c1-20-10-6-2-3-7-11(10)21-14-17-12(15)16-13(18-14)19-8-4-5-9-19/h2-3,6-7H,4-5,8-9H2,1H3. The van der Waals surface area contributed by atoms with Crippen LogP contribution in [0.3, 0.4) is 0 Å². The zero-order chi connectivity index (χ0) is 14.7. The van der Waals surface area contributed by atoms with Gasteiger partial charge in [-0.05, 0) is 36.6 Å². The van der Waals surface area contributed by atoms with Crippen LogP contribution in [0, 0.1) is 0 Å². The van der Waals surface area contributed by atoms with Gasteiger partial charge in [-0.2, -0.15) is 15.0 Å². The highest BCUT2D eigenvalue weighted by molar-refractivity contribution is 6.28. The second kappa shape index (κ2) is 6.13. The quantitative estimate of drug-likeness (QED) is 0.865. The molecule has 0 saturated carbocycles. The van der Waals surface area contributed by atoms with Gasteiger partial charge >= 0.3 is 6.01 Å². The minimum Gasteiger partial charge on any atom is -0.493 e. The van der Waals surface area contributed by atoms with Gasteiger partial charge in [0.25, 0.3) is 0 Å². The van der Waals surface area contributed by atoms with E-state index in [1.165, 1.54) is 0 Å². The molecule has 1 saturated heterocycles. The molecule has 0 unspecified atom stereocenters. The van der Waals surface area contributed by atoms with E-state index in [4.69, 9.17) is 21.1 Å². The first-order valence-corrected chi connectivity index (χ1v) is 7.11. The van der Waals surface area contributed by atoms with Crippen molar-refractivity contribution in [2.75, 3.05) is 25.1 Å². The molecule has 1 aliphatic rings. The molecule has 2 aromatic rings. The van der Waals surface area contributed by atoms with Crippen molar-refractivity contribution >= 4 is 17.5 Å². The number of hydrogen-bond donors (Lipinski definition) is 0. The van der Waals surface area contributed by atoms with E-state index in [1.807, 2.05) is 12.1 Å². The summed E-state index contributed by atoms with van der Waals surface area (Å²) in [5, 5.41) is 0.122. The second-order valence-corrected chi connectivity index (χ2v) is 4.97. The summed E-state index contributed by atoms with van der Waals surface area (Å²) < 4.78 is 10.9. The highest BCUT2D eigenvalue weighted by Gasteiger charge is 2.18. The Balaban J connectivity index is 1.88. The van der Waals surface area contributed by atoms with Gasteiger partial charge in [0.2, 0.25) is 11.2 Å². The first-order chi connectivity index (χ1) is 10.3. The number of nitrogens with zero attached hydrogens (tertiary/aromatic N) is 4. The maximum atomic E-state index is 5.97. The number of aromatic nitrogens is 3. The fourth-order valence-electron chi connectivity index (χ4n) is 2.23. The summed E-state index contributed by atoms with van der Waals surface area (Å²) in [7, 11) is 1.58. The third-order valence-corrected chi connectivity index (χ3v) is 3.40. The van der Waals surface area contributed by atoms with Gasteiger partial charge in [0.1, 0.15) is 0 Å². The van der Waals surface area contributed by atoms with Crippen LogP contribution in [-0.2, 0) is 0 Å². The van der Waals surface area contributed by atoms with Crippen LogP contribution in [0.4, 0.5) is 5.95 Å². The maximum absolute atomic E-state index is 5.97. The van der Waals surface area contributed by atoms with Crippen LogP contribution in [0.25, 0.3) is 0 Å². The average molecular weight is 307 g/mol. The minimum atomic E-state index is 0.122. The third-order valence-electron chi connectivity index (χ3n) is 3.24. The van der Waals surface area contributed by atoms with Crippen molar-refractivity contribution in [3.8, 4) is 17.5 Å². The molecule has 0 amide bonds. The normalized spacial score (nSPS) is 14.3. The van der Waals surface area contributed by atoms with Gasteiger partial charge in [-0.3, -0.25) is 0 Å². The van der Waals surface area contributed by atoms with Crippen molar-refractivity contribution in [2.45, 2.75) is 12.8 Å². The monoisotopic (exact) mass is 306 g/mol. The van der Waals surface area contributed by atoms with Crippen LogP contribution in [0.1, 0.15) is 12.8 Å². The number of hydrogen-bond acceptors (Lipinski definition) is 6. The summed E-state index contributed by atoms with van der Waals surface area (Å²) >= 11 is 5.97. The Kier molecular flexibility index (Phi) is 4.06. The fourth-order valence-corrected chi connectivity index (χ4v) is 2.38. The lowest BCUT2D eigenvalue weighted by Gasteiger charge is -2.15. The van der Waals surface area contributed by atoms with Crippen LogP contribution in [0.2, 0.25) is 5.28 Å². The number of para-hydroxylation sites is 2. The number of halogens is 1. The van der Waals surface area contributed by atoms with Gasteiger partial charge in [0.05, 0.1) is 7.11 Å². The molecule has 0 radical (unpaired) electrons. The van der Waals surface area contributed by atoms with Crippen LogP contribution in [0.15, 0.2) is 24.3 Å². The molecule has 1 aromatic carbocycles. The van der Waals surface area contributed by atoms with E-state index in [-0.39, 0.29) is 11.3 Å². The highest BCUT2D eigenvalue weighted by Crippen LogP contribution is 2.30. The third kappa shape index (κ3) is 3.16. The molecule has 1 aliphatic heterocycles. The summed E-state index contributed by atoms with van der Waals surface area (Å²) in [6.07, 6.45) is 2.26. The lowest BCUT2D eigenvalue weighted by atomic mass is 10.3. The van der Waals surface area contributed by atoms with Crippen LogP contribution in [-0.4, -0.2) is 35.2 Å². The first kappa shape index (κ1) is 13.9. The molecular formula is C14H15ClN4O2. The molecule has 0 aliphatic carbocycles. The van der Waals surface area contributed by atoms with Gasteiger partial charge in [0, 0.05) is 13.1 Å². The van der Waals surface area contributed by atoms with E-state index in [0.717, 1.165) is 25.9 Å². The maximum Gasteiger partial charge on any atom is 0.328 e. The molecule has 21 heavy (non-hydrogen) atoms. The molecule has 1 aromatic heterocycles. The van der Waals surface area contributed by atoms with Crippen molar-refractivity contribution in [3.05, 3.63) is 29.5 Å². The van der Waals surface area contributed by atoms with E-state index in [0.29, 0.717) is 17.4 Å². The van der Waals surface area contributed by atoms with Crippen LogP contribution in [0.5, 0.6) is 17.5 Å². The molecule has 2 heterocycles. The van der Waals surface area contributed by atoms with Gasteiger partial charge in [-0.1, -0.05) is 12.1 Å². The number of rotatable bonds is 4. The highest BCUT2D eigenvalue weighted by atomic mass is 35.5. The summed E-state index contributed by atoms with van der Waals surface area (Å²) in [6.45, 7) is 1.85. The molecule has 7 heteroatoms. The van der Waals surface area contributed by atoms with E-state index in [9.17, 15) is 0 Å². The zero-order valence-corrected chi connectivity index (χ0v) is 12.4. The number of benzene rings is 1. The summed E-state index contributed by atoms with van der Waals surface area (Å²) in [5.74, 6) is 1.70. The second-order valence-electron chi connectivity index (χ2n) is 4.63. The number of ether oxygens (including phenoxy) is 2. The molecule has 0 spiro atoms. The summed E-state index contributed by atoms with van der Waals surface area (Å²) in [4.78, 5) is 14.6. The average Bonchev–Trinajstić information content (AvgIpc) is 3.01. The number of methoxy groups -OCH3 is 1. The van der Waals surface area contributed by atoms with Gasteiger partial charge in [-0.25, -0.2) is 0 Å².